The summed E-state index contributed by atoms with van der Waals surface area (Å²) >= 11 is 0. The van der Waals surface area contributed by atoms with E-state index in [0.29, 0.717) is 23.6 Å². The topological polar surface area (TPSA) is 97.4 Å². The van der Waals surface area contributed by atoms with Crippen molar-refractivity contribution in [2.75, 3.05) is 0 Å². The van der Waals surface area contributed by atoms with E-state index in [9.17, 15) is 19.5 Å². The lowest BCUT2D eigenvalue weighted by Crippen LogP contribution is -2.52. The van der Waals surface area contributed by atoms with E-state index in [-0.39, 0.29) is 23.0 Å². The number of carboxylic acid groups (broad SMARTS) is 1. The number of hydrogen-bond acceptors (Lipinski definition) is 5. The van der Waals surface area contributed by atoms with Crippen LogP contribution in [0.5, 0.6) is 0 Å². The van der Waals surface area contributed by atoms with Crippen LogP contribution < -0.4 is 11.1 Å². The molecule has 40 heavy (non-hydrogen) atoms. The third-order valence-electron chi connectivity index (χ3n) is 10.3. The highest BCUT2D eigenvalue weighted by Crippen LogP contribution is 2.48. The zero-order valence-corrected chi connectivity index (χ0v) is 23.0. The van der Waals surface area contributed by atoms with Crippen LogP contribution in [0.4, 0.5) is 0 Å². The van der Waals surface area contributed by atoms with Gasteiger partial charge in [0.25, 0.3) is 11.1 Å². The largest absolute Gasteiger partial charge is 0.480 e. The minimum atomic E-state index is -1.14. The fraction of sp³-hybridized carbons (Fsp3) is 0.562. The Morgan fingerprint density at radius 1 is 0.800 bits per heavy atom. The molecular weight excluding hydrogens is 504 g/mol. The van der Waals surface area contributed by atoms with Gasteiger partial charge in [0, 0.05) is 30.2 Å². The molecule has 4 fully saturated rings. The maximum atomic E-state index is 14.2. The van der Waals surface area contributed by atoms with Gasteiger partial charge in [0.2, 0.25) is 0 Å². The minimum Gasteiger partial charge on any atom is -0.480 e. The first kappa shape index (κ1) is 25.7. The minimum absolute atomic E-state index is 0.0436. The molecule has 210 valence electrons. The molecule has 2 unspecified atom stereocenters. The lowest BCUT2D eigenvalue weighted by atomic mass is 9.76. The van der Waals surface area contributed by atoms with Crippen molar-refractivity contribution >= 4 is 17.0 Å². The average molecular weight is 543 g/mol. The number of carboxylic acids is 1. The van der Waals surface area contributed by atoms with Crippen LogP contribution in [0.3, 0.4) is 0 Å². The SMILES string of the molecule is O=C(O)Cn1c(-c2nc3ccccc3n(C3C[C@H]4CC[C@@H](C3)N4C3C[C@H]4CCCC[C@@H](C3)C4)c2=O)cccc1=O. The second kappa shape index (κ2) is 10.3. The quantitative estimate of drug-likeness (QED) is 0.496. The van der Waals surface area contributed by atoms with Gasteiger partial charge in [-0.25, -0.2) is 4.98 Å². The second-order valence-corrected chi connectivity index (χ2v) is 12.7. The van der Waals surface area contributed by atoms with Crippen LogP contribution in [0.2, 0.25) is 0 Å². The molecule has 7 rings (SSSR count). The van der Waals surface area contributed by atoms with Crippen molar-refractivity contribution in [3.05, 3.63) is 63.2 Å². The molecule has 6 atom stereocenters. The first-order valence-corrected chi connectivity index (χ1v) is 15.2. The molecule has 2 saturated carbocycles. The third kappa shape index (κ3) is 4.50. The summed E-state index contributed by atoms with van der Waals surface area (Å²) in [4.78, 5) is 46.0. The maximum Gasteiger partial charge on any atom is 0.323 e. The predicted molar refractivity (Wildman–Crippen MR) is 153 cm³/mol. The van der Waals surface area contributed by atoms with Crippen LogP contribution >= 0.6 is 0 Å². The molecule has 2 aliphatic carbocycles. The van der Waals surface area contributed by atoms with E-state index in [0.717, 1.165) is 34.8 Å². The van der Waals surface area contributed by atoms with Gasteiger partial charge in [-0.1, -0.05) is 43.9 Å². The van der Waals surface area contributed by atoms with E-state index >= 15 is 0 Å². The highest BCUT2D eigenvalue weighted by atomic mass is 16.4. The lowest BCUT2D eigenvalue weighted by Gasteiger charge is -2.48. The van der Waals surface area contributed by atoms with Gasteiger partial charge < -0.3 is 9.67 Å². The first-order valence-electron chi connectivity index (χ1n) is 15.2. The molecule has 3 aromatic rings. The van der Waals surface area contributed by atoms with Gasteiger partial charge in [0.1, 0.15) is 6.54 Å². The van der Waals surface area contributed by atoms with E-state index in [4.69, 9.17) is 4.98 Å². The Hall–Kier alpha value is -3.26. The molecule has 0 spiro atoms. The number of para-hydroxylation sites is 2. The molecule has 0 amide bonds. The lowest BCUT2D eigenvalue weighted by molar-refractivity contribution is -0.137. The Morgan fingerprint density at radius 3 is 2.20 bits per heavy atom. The van der Waals surface area contributed by atoms with Crippen molar-refractivity contribution in [2.45, 2.75) is 101 Å². The number of hydrogen-bond donors (Lipinski definition) is 1. The smallest absolute Gasteiger partial charge is 0.323 e. The number of piperidine rings is 1. The van der Waals surface area contributed by atoms with Gasteiger partial charge in [-0.05, 0) is 75.0 Å². The number of pyridine rings is 1. The number of aromatic nitrogens is 3. The van der Waals surface area contributed by atoms with E-state index in [1.165, 1.54) is 63.9 Å². The highest BCUT2D eigenvalue weighted by Gasteiger charge is 2.47. The van der Waals surface area contributed by atoms with Crippen molar-refractivity contribution < 1.29 is 9.90 Å². The molecule has 1 aromatic carbocycles. The number of benzene rings is 1. The predicted octanol–water partition coefficient (Wildman–Crippen LogP) is 4.84. The summed E-state index contributed by atoms with van der Waals surface area (Å²) in [5, 5.41) is 9.46. The summed E-state index contributed by atoms with van der Waals surface area (Å²) in [5.41, 5.74) is 1.18. The monoisotopic (exact) mass is 542 g/mol. The van der Waals surface area contributed by atoms with E-state index in [2.05, 4.69) is 4.90 Å². The zero-order valence-electron chi connectivity index (χ0n) is 23.0. The molecule has 2 aromatic heterocycles. The third-order valence-corrected chi connectivity index (χ3v) is 10.3. The molecule has 4 aliphatic rings. The number of fused-ring (bicyclic) bond motifs is 5. The van der Waals surface area contributed by atoms with Gasteiger partial charge in [0.15, 0.2) is 5.69 Å². The standard InChI is InChI=1S/C32H38N4O4/c37-29-11-5-10-28(34(29)19-30(38)39)31-32(40)36(27-9-4-3-8-26(27)33-31)25-17-22-12-13-23(18-25)35(22)24-15-20-6-1-2-7-21(14-20)16-24/h3-5,8-11,20-25H,1-2,6-7,12-19H2,(H,38,39)/t20-,21+,22-,23+,24?,25?. The molecule has 0 radical (unpaired) electrons. The molecule has 4 heterocycles. The summed E-state index contributed by atoms with van der Waals surface area (Å²) in [7, 11) is 0. The van der Waals surface area contributed by atoms with Gasteiger partial charge in [-0.3, -0.25) is 23.9 Å². The zero-order chi connectivity index (χ0) is 27.4. The van der Waals surface area contributed by atoms with E-state index in [1.54, 1.807) is 12.1 Å². The molecule has 2 saturated heterocycles. The molecule has 8 nitrogen and oxygen atoms in total. The van der Waals surface area contributed by atoms with E-state index in [1.807, 2.05) is 28.8 Å². The maximum absolute atomic E-state index is 14.2. The number of rotatable bonds is 5. The molecular formula is C32H38N4O4. The molecule has 1 N–H and O–H groups in total. The van der Waals surface area contributed by atoms with Gasteiger partial charge in [-0.15, -0.1) is 0 Å². The Balaban J connectivity index is 1.26. The van der Waals surface area contributed by atoms with Gasteiger partial charge >= 0.3 is 5.97 Å². The molecule has 2 aliphatic heterocycles. The van der Waals surface area contributed by atoms with Crippen LogP contribution in [0.15, 0.2) is 52.1 Å². The Labute approximate surface area is 233 Å². The van der Waals surface area contributed by atoms with E-state index < -0.39 is 18.1 Å². The Morgan fingerprint density at radius 2 is 1.50 bits per heavy atom. The number of aliphatic carboxylic acids is 1. The Bertz CT molecular complexity index is 1530. The van der Waals surface area contributed by atoms with Crippen LogP contribution in [-0.2, 0) is 11.3 Å². The molecule has 4 bridgehead atoms. The van der Waals surface area contributed by atoms with Crippen molar-refractivity contribution in [1.29, 1.82) is 0 Å². The van der Waals surface area contributed by atoms with Crippen molar-refractivity contribution in [3.63, 3.8) is 0 Å². The summed E-state index contributed by atoms with van der Waals surface area (Å²) < 4.78 is 3.06. The average Bonchev–Trinajstić information content (AvgIpc) is 3.09. The normalized spacial score (nSPS) is 30.3. The fourth-order valence-corrected chi connectivity index (χ4v) is 8.81. The van der Waals surface area contributed by atoms with Gasteiger partial charge in [-0.2, -0.15) is 0 Å². The van der Waals surface area contributed by atoms with Crippen LogP contribution in [-0.4, -0.2) is 48.2 Å². The van der Waals surface area contributed by atoms with Crippen molar-refractivity contribution in [2.24, 2.45) is 11.8 Å². The number of nitrogens with zero attached hydrogens (tertiary/aromatic N) is 4. The van der Waals surface area contributed by atoms with Crippen molar-refractivity contribution in [3.8, 4) is 11.4 Å². The number of carbonyl (C=O) groups is 1. The van der Waals surface area contributed by atoms with Crippen LogP contribution in [0.25, 0.3) is 22.4 Å². The summed E-state index contributed by atoms with van der Waals surface area (Å²) in [6, 6.07) is 13.9. The summed E-state index contributed by atoms with van der Waals surface area (Å²) in [6.07, 6.45) is 13.9. The first-order chi connectivity index (χ1) is 19.5. The van der Waals surface area contributed by atoms with Crippen LogP contribution in [0.1, 0.15) is 76.7 Å². The van der Waals surface area contributed by atoms with Crippen LogP contribution in [0, 0.1) is 11.8 Å². The summed E-state index contributed by atoms with van der Waals surface area (Å²) in [6.45, 7) is -0.519. The Kier molecular flexibility index (Phi) is 6.61. The second-order valence-electron chi connectivity index (χ2n) is 12.7. The van der Waals surface area contributed by atoms with Crippen molar-refractivity contribution in [1.82, 2.24) is 19.0 Å². The summed E-state index contributed by atoms with van der Waals surface area (Å²) in [5.74, 6) is 0.626. The highest BCUT2D eigenvalue weighted by molar-refractivity contribution is 5.78. The fourth-order valence-electron chi connectivity index (χ4n) is 8.81. The van der Waals surface area contributed by atoms with Gasteiger partial charge in [0.05, 0.1) is 16.7 Å². The molecule has 8 heteroatoms.